The molecule has 14 heavy (non-hydrogen) atoms. The number of hydrogen-bond donors (Lipinski definition) is 1. The zero-order valence-electron chi connectivity index (χ0n) is 7.77. The summed E-state index contributed by atoms with van der Waals surface area (Å²) < 4.78 is 5.06. The summed E-state index contributed by atoms with van der Waals surface area (Å²) in [6.07, 6.45) is 9.07. The zero-order valence-corrected chi connectivity index (χ0v) is 7.77. The van der Waals surface area contributed by atoms with Crippen molar-refractivity contribution in [3.8, 4) is 0 Å². The summed E-state index contributed by atoms with van der Waals surface area (Å²) in [4.78, 5) is 15.3. The number of esters is 1. The molecule has 1 heterocycles. The largest absolute Gasteiger partial charge is 0.460 e. The molecule has 0 aromatic rings. The van der Waals surface area contributed by atoms with Crippen LogP contribution in [0.4, 0.5) is 0 Å². The van der Waals surface area contributed by atoms with Gasteiger partial charge in [0.05, 0.1) is 6.61 Å². The lowest BCUT2D eigenvalue weighted by Crippen LogP contribution is -2.29. The fourth-order valence-electron chi connectivity index (χ4n) is 1.05. The molecule has 0 unspecified atom stereocenters. The summed E-state index contributed by atoms with van der Waals surface area (Å²) in [6, 6.07) is 0. The van der Waals surface area contributed by atoms with Crippen LogP contribution in [0.25, 0.3) is 0 Å². The van der Waals surface area contributed by atoms with Gasteiger partial charge < -0.3 is 10.1 Å². The number of rotatable bonds is 3. The first-order valence-corrected chi connectivity index (χ1v) is 4.69. The van der Waals surface area contributed by atoms with Gasteiger partial charge in [-0.25, -0.2) is 9.79 Å². The van der Waals surface area contributed by atoms with Gasteiger partial charge in [0.1, 0.15) is 0 Å². The Bertz CT molecular complexity index is 314. The SMILES string of the molecule is O=C(OCC1CC1)C1=NC=CC=CN1. The van der Waals surface area contributed by atoms with E-state index in [-0.39, 0.29) is 11.8 Å². The van der Waals surface area contributed by atoms with Crippen molar-refractivity contribution < 1.29 is 9.53 Å². The molecule has 74 valence electrons. The number of carbonyl (C=O) groups excluding carboxylic acids is 1. The Morgan fingerprint density at radius 3 is 3.21 bits per heavy atom. The molecule has 0 spiro atoms. The molecular weight excluding hydrogens is 180 g/mol. The molecule has 0 aromatic carbocycles. The van der Waals surface area contributed by atoms with E-state index in [1.165, 1.54) is 12.8 Å². The maximum atomic E-state index is 11.4. The summed E-state index contributed by atoms with van der Waals surface area (Å²) >= 11 is 0. The summed E-state index contributed by atoms with van der Waals surface area (Å²) in [5.41, 5.74) is 0. The molecule has 1 fully saturated rings. The molecule has 1 N–H and O–H groups in total. The zero-order chi connectivity index (χ0) is 9.80. The molecule has 0 radical (unpaired) electrons. The minimum atomic E-state index is -0.381. The number of nitrogens with zero attached hydrogens (tertiary/aromatic N) is 1. The summed E-state index contributed by atoms with van der Waals surface area (Å²) in [5.74, 6) is 0.445. The topological polar surface area (TPSA) is 50.7 Å². The highest BCUT2D eigenvalue weighted by atomic mass is 16.5. The van der Waals surface area contributed by atoms with Crippen LogP contribution in [0.5, 0.6) is 0 Å². The van der Waals surface area contributed by atoms with E-state index in [0.717, 1.165) is 0 Å². The van der Waals surface area contributed by atoms with E-state index >= 15 is 0 Å². The monoisotopic (exact) mass is 192 g/mol. The van der Waals surface area contributed by atoms with Crippen molar-refractivity contribution in [2.45, 2.75) is 12.8 Å². The number of hydrogen-bond acceptors (Lipinski definition) is 4. The second-order valence-corrected chi connectivity index (χ2v) is 3.36. The lowest BCUT2D eigenvalue weighted by Gasteiger charge is -2.04. The first-order chi connectivity index (χ1) is 6.86. The van der Waals surface area contributed by atoms with Crippen molar-refractivity contribution in [3.05, 3.63) is 24.6 Å². The second-order valence-electron chi connectivity index (χ2n) is 3.36. The standard InChI is InChI=1S/C10H12N2O2/c13-10(14-7-8-3-4-8)9-11-5-1-2-6-12-9/h1-2,5-6,8H,3-4,7H2,(H,11,12). The predicted molar refractivity (Wildman–Crippen MR) is 52.5 cm³/mol. The van der Waals surface area contributed by atoms with Crippen molar-refractivity contribution in [3.63, 3.8) is 0 Å². The van der Waals surface area contributed by atoms with Crippen LogP contribution < -0.4 is 5.32 Å². The Kier molecular flexibility index (Phi) is 2.62. The molecule has 0 amide bonds. The van der Waals surface area contributed by atoms with Crippen molar-refractivity contribution >= 4 is 11.8 Å². The predicted octanol–water partition coefficient (Wildman–Crippen LogP) is 0.969. The van der Waals surface area contributed by atoms with Crippen LogP contribution in [0.3, 0.4) is 0 Å². The maximum Gasteiger partial charge on any atom is 0.374 e. The Morgan fingerprint density at radius 1 is 1.57 bits per heavy atom. The molecule has 1 aliphatic carbocycles. The third-order valence-electron chi connectivity index (χ3n) is 2.06. The van der Waals surface area contributed by atoms with E-state index in [4.69, 9.17) is 4.74 Å². The highest BCUT2D eigenvalue weighted by Gasteiger charge is 2.24. The van der Waals surface area contributed by atoms with E-state index in [2.05, 4.69) is 10.3 Å². The van der Waals surface area contributed by atoms with Crippen molar-refractivity contribution in [2.75, 3.05) is 6.61 Å². The Labute approximate surface area is 82.4 Å². The third kappa shape index (κ3) is 2.45. The van der Waals surface area contributed by atoms with Gasteiger partial charge in [-0.2, -0.15) is 0 Å². The molecular formula is C10H12N2O2. The molecule has 0 atom stereocenters. The van der Waals surface area contributed by atoms with Crippen LogP contribution >= 0.6 is 0 Å². The van der Waals surface area contributed by atoms with Crippen LogP contribution in [0.15, 0.2) is 29.5 Å². The molecule has 1 aliphatic heterocycles. The molecule has 4 heteroatoms. The van der Waals surface area contributed by atoms with Crippen LogP contribution in [0.1, 0.15) is 12.8 Å². The van der Waals surface area contributed by atoms with Gasteiger partial charge in [-0.1, -0.05) is 0 Å². The van der Waals surface area contributed by atoms with Gasteiger partial charge in [-0.3, -0.25) is 0 Å². The van der Waals surface area contributed by atoms with E-state index < -0.39 is 0 Å². The van der Waals surface area contributed by atoms with E-state index in [1.807, 2.05) is 0 Å². The van der Waals surface area contributed by atoms with Gasteiger partial charge in [0.15, 0.2) is 0 Å². The van der Waals surface area contributed by atoms with E-state index in [0.29, 0.717) is 12.5 Å². The first-order valence-electron chi connectivity index (χ1n) is 4.69. The smallest absolute Gasteiger partial charge is 0.374 e. The highest BCUT2D eigenvalue weighted by Crippen LogP contribution is 2.28. The lowest BCUT2D eigenvalue weighted by molar-refractivity contribution is -0.136. The second kappa shape index (κ2) is 4.09. The number of ether oxygens (including phenoxy) is 1. The summed E-state index contributed by atoms with van der Waals surface area (Å²) in [5, 5.41) is 2.76. The van der Waals surface area contributed by atoms with Gasteiger partial charge in [0.2, 0.25) is 5.84 Å². The number of nitrogens with one attached hydrogen (secondary N) is 1. The Hall–Kier alpha value is -1.58. The van der Waals surface area contributed by atoms with Gasteiger partial charge in [-0.05, 0) is 30.9 Å². The molecule has 4 nitrogen and oxygen atoms in total. The Morgan fingerprint density at radius 2 is 2.43 bits per heavy atom. The minimum Gasteiger partial charge on any atom is -0.460 e. The van der Waals surface area contributed by atoms with Gasteiger partial charge in [0.25, 0.3) is 0 Å². The minimum absolute atomic E-state index is 0.246. The van der Waals surface area contributed by atoms with Crippen molar-refractivity contribution in [2.24, 2.45) is 10.9 Å². The fraction of sp³-hybridized carbons (Fsp3) is 0.400. The van der Waals surface area contributed by atoms with E-state index in [9.17, 15) is 4.79 Å². The van der Waals surface area contributed by atoms with Crippen LogP contribution in [0, 0.1) is 5.92 Å². The fourth-order valence-corrected chi connectivity index (χ4v) is 1.05. The number of amidine groups is 1. The van der Waals surface area contributed by atoms with Crippen LogP contribution in [0.2, 0.25) is 0 Å². The maximum absolute atomic E-state index is 11.4. The molecule has 2 rings (SSSR count). The van der Waals surface area contributed by atoms with Gasteiger partial charge >= 0.3 is 5.97 Å². The number of carbonyl (C=O) groups is 1. The molecule has 2 aliphatic rings. The normalized spacial score (nSPS) is 19.6. The summed E-state index contributed by atoms with van der Waals surface area (Å²) in [6.45, 7) is 0.521. The summed E-state index contributed by atoms with van der Waals surface area (Å²) in [7, 11) is 0. The van der Waals surface area contributed by atoms with Crippen LogP contribution in [-0.4, -0.2) is 18.4 Å². The molecule has 0 aromatic heterocycles. The quantitative estimate of drug-likeness (QED) is 0.678. The first kappa shape index (κ1) is 8.99. The van der Waals surface area contributed by atoms with Gasteiger partial charge in [0, 0.05) is 12.4 Å². The molecule has 0 saturated heterocycles. The molecule has 1 saturated carbocycles. The Balaban J connectivity index is 1.85. The number of allylic oxidation sites excluding steroid dienone is 2. The average Bonchev–Trinajstić information content (AvgIpc) is 3.01. The van der Waals surface area contributed by atoms with Crippen LogP contribution in [-0.2, 0) is 9.53 Å². The van der Waals surface area contributed by atoms with Crippen molar-refractivity contribution in [1.29, 1.82) is 0 Å². The van der Waals surface area contributed by atoms with E-state index in [1.54, 1.807) is 24.6 Å². The van der Waals surface area contributed by atoms with Crippen molar-refractivity contribution in [1.82, 2.24) is 5.32 Å². The van der Waals surface area contributed by atoms with Gasteiger partial charge in [-0.15, -0.1) is 0 Å². The average molecular weight is 192 g/mol. The number of aliphatic imine (C=N–C) groups is 1. The lowest BCUT2D eigenvalue weighted by atomic mass is 10.4. The molecule has 0 bridgehead atoms. The highest BCUT2D eigenvalue weighted by molar-refractivity contribution is 6.35. The third-order valence-corrected chi connectivity index (χ3v) is 2.06.